The van der Waals surface area contributed by atoms with Gasteiger partial charge >= 0.3 is 0 Å². The second-order valence-electron chi connectivity index (χ2n) is 8.48. The fourth-order valence-corrected chi connectivity index (χ4v) is 4.40. The molecular weight excluding hydrogens is 410 g/mol. The molecule has 164 valence electrons. The van der Waals surface area contributed by atoms with Crippen molar-refractivity contribution in [2.24, 2.45) is 0 Å². The minimum Gasteiger partial charge on any atom is -0.277 e. The van der Waals surface area contributed by atoms with Crippen molar-refractivity contribution in [1.82, 2.24) is 4.90 Å². The zero-order valence-electron chi connectivity index (χ0n) is 19.1. The number of hydrogen-bond acceptors (Lipinski definition) is 1. The monoisotopic (exact) mass is 437 g/mol. The summed E-state index contributed by atoms with van der Waals surface area (Å²) in [6.45, 7) is 1.63. The minimum absolute atomic E-state index is 0.0632. The maximum absolute atomic E-state index is 3.66. The van der Waals surface area contributed by atoms with Crippen LogP contribution in [0.3, 0.4) is 0 Å². The molecule has 0 amide bonds. The molecule has 0 bridgehead atoms. The van der Waals surface area contributed by atoms with Crippen LogP contribution in [0.5, 0.6) is 0 Å². The quantitative estimate of drug-likeness (QED) is 0.247. The molecule has 0 aliphatic rings. The molecule has 5 rings (SSSR count). The Kier molecular flexibility index (Phi) is 6.81. The van der Waals surface area contributed by atoms with Crippen molar-refractivity contribution in [3.05, 3.63) is 156 Å². The van der Waals surface area contributed by atoms with E-state index in [0.717, 1.165) is 18.7 Å². The van der Waals surface area contributed by atoms with E-state index < -0.39 is 0 Å². The van der Waals surface area contributed by atoms with E-state index in [4.69, 9.17) is 0 Å². The van der Waals surface area contributed by atoms with Gasteiger partial charge in [-0.15, -0.1) is 0 Å². The van der Waals surface area contributed by atoms with Gasteiger partial charge < -0.3 is 0 Å². The molecule has 0 aromatic heterocycles. The van der Waals surface area contributed by atoms with Crippen molar-refractivity contribution in [3.8, 4) is 11.8 Å². The van der Waals surface area contributed by atoms with Gasteiger partial charge in [0.1, 0.15) is 0 Å². The largest absolute Gasteiger partial charge is 0.277 e. The van der Waals surface area contributed by atoms with Crippen LogP contribution in [0.2, 0.25) is 0 Å². The lowest BCUT2D eigenvalue weighted by Crippen LogP contribution is -2.27. The Bertz CT molecular complexity index is 1350. The first-order valence-electron chi connectivity index (χ1n) is 11.7. The highest BCUT2D eigenvalue weighted by molar-refractivity contribution is 5.86. The highest BCUT2D eigenvalue weighted by Gasteiger charge is 2.21. The number of nitrogens with zero attached hydrogens (tertiary/aromatic N) is 1. The molecule has 1 unspecified atom stereocenters. The van der Waals surface area contributed by atoms with Gasteiger partial charge in [0.15, 0.2) is 0 Å². The van der Waals surface area contributed by atoms with Crippen molar-refractivity contribution in [2.45, 2.75) is 19.1 Å². The third kappa shape index (κ3) is 5.26. The number of rotatable bonds is 6. The smallest absolute Gasteiger partial charge is 0.0986 e. The average molecular weight is 438 g/mol. The van der Waals surface area contributed by atoms with E-state index in [1.54, 1.807) is 0 Å². The Balaban J connectivity index is 1.63. The van der Waals surface area contributed by atoms with Crippen LogP contribution in [-0.4, -0.2) is 4.90 Å². The molecule has 1 atom stereocenters. The maximum atomic E-state index is 3.66. The number of hydrogen-bond donors (Lipinski definition) is 0. The summed E-state index contributed by atoms with van der Waals surface area (Å²) in [5.74, 6) is 7.13. The van der Waals surface area contributed by atoms with Crippen LogP contribution in [0.4, 0.5) is 0 Å². The van der Waals surface area contributed by atoms with Gasteiger partial charge in [-0.1, -0.05) is 133 Å². The topological polar surface area (TPSA) is 3.24 Å². The molecule has 34 heavy (non-hydrogen) atoms. The fourth-order valence-electron chi connectivity index (χ4n) is 4.40. The summed E-state index contributed by atoms with van der Waals surface area (Å²) < 4.78 is 0. The van der Waals surface area contributed by atoms with Crippen molar-refractivity contribution in [3.63, 3.8) is 0 Å². The van der Waals surface area contributed by atoms with E-state index in [-0.39, 0.29) is 6.04 Å². The predicted octanol–water partition coefficient (Wildman–Crippen LogP) is 7.64. The molecule has 1 heteroatoms. The first-order valence-corrected chi connectivity index (χ1v) is 11.7. The van der Waals surface area contributed by atoms with Gasteiger partial charge in [-0.05, 0) is 39.6 Å². The van der Waals surface area contributed by atoms with Crippen LogP contribution in [0.1, 0.15) is 28.3 Å². The van der Waals surface area contributed by atoms with Gasteiger partial charge in [0.05, 0.1) is 6.04 Å². The highest BCUT2D eigenvalue weighted by atomic mass is 15.1. The summed E-state index contributed by atoms with van der Waals surface area (Å²) in [5, 5.41) is 2.49. The Hall–Kier alpha value is -4.12. The van der Waals surface area contributed by atoms with Gasteiger partial charge in [-0.3, -0.25) is 4.90 Å². The summed E-state index contributed by atoms with van der Waals surface area (Å²) in [6.07, 6.45) is 0. The molecular formula is C33H27N. The molecule has 5 aromatic carbocycles. The Labute approximate surface area is 202 Å². The normalized spacial score (nSPS) is 11.7. The van der Waals surface area contributed by atoms with Gasteiger partial charge in [-0.2, -0.15) is 0 Å². The molecule has 0 saturated carbocycles. The first-order chi connectivity index (χ1) is 16.9. The van der Waals surface area contributed by atoms with Crippen LogP contribution in [-0.2, 0) is 13.1 Å². The van der Waals surface area contributed by atoms with Crippen LogP contribution in [0.25, 0.3) is 10.8 Å². The second kappa shape index (κ2) is 10.7. The molecule has 5 aromatic rings. The average Bonchev–Trinajstić information content (AvgIpc) is 2.90. The maximum Gasteiger partial charge on any atom is 0.0986 e. The molecule has 1 nitrogen and oxygen atoms in total. The molecule has 0 saturated heterocycles. The summed E-state index contributed by atoms with van der Waals surface area (Å²) in [4.78, 5) is 2.49. The van der Waals surface area contributed by atoms with E-state index in [1.807, 2.05) is 18.2 Å². The zero-order valence-corrected chi connectivity index (χ0v) is 19.1. The summed E-state index contributed by atoms with van der Waals surface area (Å²) in [7, 11) is 0. The first kappa shape index (κ1) is 21.7. The Morgan fingerprint density at radius 2 is 1.06 bits per heavy atom. The van der Waals surface area contributed by atoms with Gasteiger partial charge in [0, 0.05) is 18.7 Å². The molecule has 0 N–H and O–H groups in total. The third-order valence-electron chi connectivity index (χ3n) is 6.07. The van der Waals surface area contributed by atoms with Gasteiger partial charge in [0.25, 0.3) is 0 Å². The van der Waals surface area contributed by atoms with Crippen molar-refractivity contribution < 1.29 is 0 Å². The number of benzene rings is 5. The van der Waals surface area contributed by atoms with Crippen LogP contribution < -0.4 is 0 Å². The minimum atomic E-state index is -0.0632. The molecule has 0 aliphatic heterocycles. The van der Waals surface area contributed by atoms with Crippen LogP contribution >= 0.6 is 0 Å². The lowest BCUT2D eigenvalue weighted by Gasteiger charge is -2.30. The lowest BCUT2D eigenvalue weighted by molar-refractivity contribution is 0.220. The highest BCUT2D eigenvalue weighted by Crippen LogP contribution is 2.30. The Morgan fingerprint density at radius 1 is 0.529 bits per heavy atom. The second-order valence-corrected chi connectivity index (χ2v) is 8.48. The van der Waals surface area contributed by atoms with Crippen molar-refractivity contribution >= 4 is 10.8 Å². The van der Waals surface area contributed by atoms with E-state index in [0.29, 0.717) is 0 Å². The molecule has 0 aliphatic carbocycles. The zero-order chi connectivity index (χ0) is 23.0. The molecule has 0 radical (unpaired) electrons. The Morgan fingerprint density at radius 3 is 1.71 bits per heavy atom. The molecule has 0 spiro atoms. The van der Waals surface area contributed by atoms with Gasteiger partial charge in [-0.25, -0.2) is 0 Å². The summed E-state index contributed by atoms with van der Waals surface area (Å²) >= 11 is 0. The van der Waals surface area contributed by atoms with Gasteiger partial charge in [0.2, 0.25) is 0 Å². The lowest BCUT2D eigenvalue weighted by atomic mass is 9.96. The van der Waals surface area contributed by atoms with E-state index in [1.165, 1.54) is 27.5 Å². The van der Waals surface area contributed by atoms with Crippen LogP contribution in [0.15, 0.2) is 133 Å². The molecule has 0 heterocycles. The van der Waals surface area contributed by atoms with E-state index >= 15 is 0 Å². The predicted molar refractivity (Wildman–Crippen MR) is 142 cm³/mol. The van der Waals surface area contributed by atoms with E-state index in [2.05, 4.69) is 132 Å². The number of fused-ring (bicyclic) bond motifs is 1. The van der Waals surface area contributed by atoms with Crippen molar-refractivity contribution in [1.29, 1.82) is 0 Å². The standard InChI is InChI=1S/C33H27N/c1-4-13-27(14-5-1)23-24-33(32-22-12-20-30-19-10-11-21-31(30)32)34(25-28-15-6-2-7-16-28)26-29-17-8-3-9-18-29/h1-22,33H,25-26H2. The molecule has 0 fully saturated rings. The SMILES string of the molecule is C(#CC(c1cccc2ccccc12)N(Cc1ccccc1)Cc1ccccc1)c1ccccc1. The van der Waals surface area contributed by atoms with E-state index in [9.17, 15) is 0 Å². The fraction of sp³-hybridized carbons (Fsp3) is 0.0909. The third-order valence-corrected chi connectivity index (χ3v) is 6.07. The summed E-state index contributed by atoms with van der Waals surface area (Å²) in [6, 6.07) is 46.8. The summed E-state index contributed by atoms with van der Waals surface area (Å²) in [5.41, 5.74) is 4.84. The van der Waals surface area contributed by atoms with Crippen LogP contribution in [0, 0.1) is 11.8 Å². The van der Waals surface area contributed by atoms with Crippen molar-refractivity contribution in [2.75, 3.05) is 0 Å².